The molecule has 0 radical (unpaired) electrons. The molecule has 110 valence electrons. The largest absolute Gasteiger partial charge is 0.409 e. The molecule has 4 N–H and O–H groups in total. The summed E-state index contributed by atoms with van der Waals surface area (Å²) in [4.78, 5) is 2.48. The van der Waals surface area contributed by atoms with Gasteiger partial charge in [0.15, 0.2) is 5.84 Å². The van der Waals surface area contributed by atoms with E-state index in [1.807, 2.05) is 24.3 Å². The Balaban J connectivity index is 1.86. The van der Waals surface area contributed by atoms with Gasteiger partial charge in [0.25, 0.3) is 0 Å². The van der Waals surface area contributed by atoms with Crippen molar-refractivity contribution in [1.82, 2.24) is 10.2 Å². The smallest absolute Gasteiger partial charge is 0.170 e. The summed E-state index contributed by atoms with van der Waals surface area (Å²) in [5, 5.41) is 15.4. The first-order valence-electron chi connectivity index (χ1n) is 7.23. The zero-order chi connectivity index (χ0) is 14.4. The molecule has 1 saturated heterocycles. The van der Waals surface area contributed by atoms with Crippen LogP contribution in [0.4, 0.5) is 0 Å². The Bertz CT molecular complexity index is 461. The standard InChI is InChI=1S/C15H24N4O/c1-2-19-8-7-12(11-19)9-17-10-13-5-3-4-6-14(13)15(16)18-20/h3-6,12,17,20H,2,7-11H2,1H3,(H2,16,18). The summed E-state index contributed by atoms with van der Waals surface area (Å²) in [5.41, 5.74) is 7.55. The lowest BCUT2D eigenvalue weighted by atomic mass is 10.1. The van der Waals surface area contributed by atoms with Gasteiger partial charge in [0, 0.05) is 18.7 Å². The van der Waals surface area contributed by atoms with Crippen LogP contribution in [-0.4, -0.2) is 42.1 Å². The third kappa shape index (κ3) is 3.71. The van der Waals surface area contributed by atoms with Gasteiger partial charge >= 0.3 is 0 Å². The number of hydrogen-bond acceptors (Lipinski definition) is 4. The third-order valence-electron chi connectivity index (χ3n) is 3.97. The number of nitrogens with two attached hydrogens (primary N) is 1. The summed E-state index contributed by atoms with van der Waals surface area (Å²) >= 11 is 0. The first-order chi connectivity index (χ1) is 9.74. The average molecular weight is 276 g/mol. The molecule has 1 fully saturated rings. The number of likely N-dealkylation sites (tertiary alicyclic amines) is 1. The maximum absolute atomic E-state index is 8.80. The monoisotopic (exact) mass is 276 g/mol. The molecule has 1 aliphatic heterocycles. The maximum Gasteiger partial charge on any atom is 0.170 e. The summed E-state index contributed by atoms with van der Waals surface area (Å²) in [6.45, 7) is 7.51. The van der Waals surface area contributed by atoms with E-state index in [2.05, 4.69) is 22.3 Å². The van der Waals surface area contributed by atoms with E-state index in [0.29, 0.717) is 0 Å². The number of hydrogen-bond donors (Lipinski definition) is 3. The minimum Gasteiger partial charge on any atom is -0.409 e. The van der Waals surface area contributed by atoms with Gasteiger partial charge in [-0.3, -0.25) is 0 Å². The zero-order valence-electron chi connectivity index (χ0n) is 12.0. The molecule has 5 heteroatoms. The highest BCUT2D eigenvalue weighted by Crippen LogP contribution is 2.15. The summed E-state index contributed by atoms with van der Waals surface area (Å²) in [5.74, 6) is 0.895. The normalized spacial score (nSPS) is 20.4. The minimum atomic E-state index is 0.167. The zero-order valence-corrected chi connectivity index (χ0v) is 12.0. The van der Waals surface area contributed by atoms with Crippen LogP contribution >= 0.6 is 0 Å². The number of oxime groups is 1. The Kier molecular flexibility index (Phi) is 5.38. The lowest BCUT2D eigenvalue weighted by molar-refractivity contribution is 0.318. The van der Waals surface area contributed by atoms with Gasteiger partial charge in [-0.25, -0.2) is 0 Å². The predicted octanol–water partition coefficient (Wildman–Crippen LogP) is 1.21. The van der Waals surface area contributed by atoms with Gasteiger partial charge in [-0.2, -0.15) is 0 Å². The fourth-order valence-electron chi connectivity index (χ4n) is 2.76. The number of benzene rings is 1. The highest BCUT2D eigenvalue weighted by Gasteiger charge is 2.20. The first-order valence-corrected chi connectivity index (χ1v) is 7.23. The summed E-state index contributed by atoms with van der Waals surface area (Å²) < 4.78 is 0. The van der Waals surface area contributed by atoms with Crippen LogP contribution < -0.4 is 11.1 Å². The number of amidine groups is 1. The SMILES string of the molecule is CCN1CCC(CNCc2ccccc2C(N)=NO)C1. The van der Waals surface area contributed by atoms with E-state index >= 15 is 0 Å². The van der Waals surface area contributed by atoms with Gasteiger partial charge in [0.2, 0.25) is 0 Å². The van der Waals surface area contributed by atoms with Gasteiger partial charge < -0.3 is 21.2 Å². The Hall–Kier alpha value is -1.59. The van der Waals surface area contributed by atoms with Crippen molar-refractivity contribution < 1.29 is 5.21 Å². The summed E-state index contributed by atoms with van der Waals surface area (Å²) in [6, 6.07) is 7.75. The van der Waals surface area contributed by atoms with Crippen molar-refractivity contribution in [2.24, 2.45) is 16.8 Å². The number of nitrogens with zero attached hydrogens (tertiary/aromatic N) is 2. The second kappa shape index (κ2) is 7.26. The van der Waals surface area contributed by atoms with Gasteiger partial charge in [-0.05, 0) is 37.5 Å². The lowest BCUT2D eigenvalue weighted by Gasteiger charge is -2.14. The van der Waals surface area contributed by atoms with Gasteiger partial charge in [0.05, 0.1) is 0 Å². The topological polar surface area (TPSA) is 73.9 Å². The molecule has 1 unspecified atom stereocenters. The molecule has 0 amide bonds. The van der Waals surface area contributed by atoms with Crippen LogP contribution in [0.2, 0.25) is 0 Å². The van der Waals surface area contributed by atoms with Crippen molar-refractivity contribution >= 4 is 5.84 Å². The van der Waals surface area contributed by atoms with Crippen LogP contribution in [0.3, 0.4) is 0 Å². The van der Waals surface area contributed by atoms with Crippen LogP contribution in [0.15, 0.2) is 29.4 Å². The molecule has 1 atom stereocenters. The molecule has 20 heavy (non-hydrogen) atoms. The van der Waals surface area contributed by atoms with Crippen LogP contribution in [-0.2, 0) is 6.54 Å². The maximum atomic E-state index is 8.80. The van der Waals surface area contributed by atoms with Crippen molar-refractivity contribution in [3.05, 3.63) is 35.4 Å². The third-order valence-corrected chi connectivity index (χ3v) is 3.97. The molecule has 0 aliphatic carbocycles. The van der Waals surface area contributed by atoms with Crippen molar-refractivity contribution in [3.8, 4) is 0 Å². The summed E-state index contributed by atoms with van der Waals surface area (Å²) in [7, 11) is 0. The predicted molar refractivity (Wildman–Crippen MR) is 80.9 cm³/mol. The van der Waals surface area contributed by atoms with Crippen LogP contribution in [0.5, 0.6) is 0 Å². The molecular weight excluding hydrogens is 252 g/mol. The van der Waals surface area contributed by atoms with Crippen LogP contribution in [0, 0.1) is 5.92 Å². The second-order valence-corrected chi connectivity index (χ2v) is 5.32. The Morgan fingerprint density at radius 1 is 1.50 bits per heavy atom. The quantitative estimate of drug-likeness (QED) is 0.316. The van der Waals surface area contributed by atoms with Gasteiger partial charge in [-0.1, -0.05) is 36.3 Å². The van der Waals surface area contributed by atoms with Gasteiger partial charge in [0.1, 0.15) is 0 Å². The second-order valence-electron chi connectivity index (χ2n) is 5.32. The molecule has 0 bridgehead atoms. The van der Waals surface area contributed by atoms with Crippen molar-refractivity contribution in [3.63, 3.8) is 0 Å². The van der Waals surface area contributed by atoms with Gasteiger partial charge in [-0.15, -0.1) is 0 Å². The average Bonchev–Trinajstić information content (AvgIpc) is 2.95. The van der Waals surface area contributed by atoms with Crippen LogP contribution in [0.25, 0.3) is 0 Å². The first kappa shape index (κ1) is 14.8. The Morgan fingerprint density at radius 3 is 3.00 bits per heavy atom. The van der Waals surface area contributed by atoms with E-state index in [-0.39, 0.29) is 5.84 Å². The highest BCUT2D eigenvalue weighted by atomic mass is 16.4. The summed E-state index contributed by atoms with van der Waals surface area (Å²) in [6.07, 6.45) is 1.27. The minimum absolute atomic E-state index is 0.167. The molecule has 0 saturated carbocycles. The van der Waals surface area contributed by atoms with E-state index in [4.69, 9.17) is 10.9 Å². The molecule has 1 heterocycles. The number of rotatable bonds is 6. The molecule has 0 aromatic heterocycles. The molecule has 1 aromatic carbocycles. The molecule has 0 spiro atoms. The van der Waals surface area contributed by atoms with E-state index in [1.54, 1.807) is 0 Å². The van der Waals surface area contributed by atoms with E-state index in [1.165, 1.54) is 19.5 Å². The lowest BCUT2D eigenvalue weighted by Crippen LogP contribution is -2.27. The molecule has 1 aromatic rings. The van der Waals surface area contributed by atoms with E-state index < -0.39 is 0 Å². The van der Waals surface area contributed by atoms with Crippen molar-refractivity contribution in [2.75, 3.05) is 26.2 Å². The molecule has 2 rings (SSSR count). The Morgan fingerprint density at radius 2 is 2.30 bits per heavy atom. The van der Waals surface area contributed by atoms with Crippen molar-refractivity contribution in [2.45, 2.75) is 19.9 Å². The molecule has 5 nitrogen and oxygen atoms in total. The van der Waals surface area contributed by atoms with Crippen LogP contribution in [0.1, 0.15) is 24.5 Å². The number of nitrogens with one attached hydrogen (secondary N) is 1. The Labute approximate surface area is 120 Å². The van der Waals surface area contributed by atoms with E-state index in [9.17, 15) is 0 Å². The van der Waals surface area contributed by atoms with Crippen molar-refractivity contribution in [1.29, 1.82) is 0 Å². The molecule has 1 aliphatic rings. The fraction of sp³-hybridized carbons (Fsp3) is 0.533. The fourth-order valence-corrected chi connectivity index (χ4v) is 2.76. The van der Waals surface area contributed by atoms with E-state index in [0.717, 1.165) is 36.7 Å². The molecular formula is C15H24N4O. The highest BCUT2D eigenvalue weighted by molar-refractivity contribution is 5.98.